The highest BCUT2D eigenvalue weighted by atomic mass is 16.2. The summed E-state index contributed by atoms with van der Waals surface area (Å²) in [4.78, 5) is 28.0. The highest BCUT2D eigenvalue weighted by Crippen LogP contribution is 2.33. The number of hydrogen-bond acceptors (Lipinski definition) is 3. The number of nitrogens with zero attached hydrogens (tertiary/aromatic N) is 2. The Morgan fingerprint density at radius 3 is 2.55 bits per heavy atom. The van der Waals surface area contributed by atoms with Crippen LogP contribution in [0.4, 0.5) is 9.59 Å². The third-order valence-electron chi connectivity index (χ3n) is 4.49. The molecule has 1 aromatic rings. The maximum Gasteiger partial charge on any atom is 0.329 e. The lowest BCUT2D eigenvalue weighted by atomic mass is 10.00. The van der Waals surface area contributed by atoms with Crippen molar-refractivity contribution in [2.75, 3.05) is 26.7 Å². The van der Waals surface area contributed by atoms with E-state index in [2.05, 4.69) is 10.6 Å². The van der Waals surface area contributed by atoms with Crippen LogP contribution in [0.3, 0.4) is 0 Å². The SMILES string of the molecule is CNC(=O)N1C[C@@H](c2ccccc2)N(C2CCNCC2)C1=O. The third-order valence-corrected chi connectivity index (χ3v) is 4.49. The van der Waals surface area contributed by atoms with E-state index in [9.17, 15) is 9.59 Å². The smallest absolute Gasteiger partial charge is 0.329 e. The molecule has 4 amide bonds. The van der Waals surface area contributed by atoms with Crippen LogP contribution in [0.15, 0.2) is 30.3 Å². The van der Waals surface area contributed by atoms with Gasteiger partial charge >= 0.3 is 12.1 Å². The molecule has 2 saturated heterocycles. The van der Waals surface area contributed by atoms with E-state index in [1.165, 1.54) is 4.90 Å². The Kier molecular flexibility index (Phi) is 4.29. The molecule has 6 nitrogen and oxygen atoms in total. The van der Waals surface area contributed by atoms with Crippen molar-refractivity contribution in [1.82, 2.24) is 20.4 Å². The molecule has 3 rings (SSSR count). The normalized spacial score (nSPS) is 23.0. The third kappa shape index (κ3) is 2.66. The summed E-state index contributed by atoms with van der Waals surface area (Å²) in [5.74, 6) is 0. The first-order chi connectivity index (χ1) is 10.7. The Bertz CT molecular complexity index is 542. The first-order valence-corrected chi connectivity index (χ1v) is 7.79. The molecule has 2 heterocycles. The van der Waals surface area contributed by atoms with E-state index in [0.717, 1.165) is 31.5 Å². The average molecular weight is 302 g/mol. The summed E-state index contributed by atoms with van der Waals surface area (Å²) in [6.45, 7) is 2.23. The van der Waals surface area contributed by atoms with Crippen LogP contribution in [0.25, 0.3) is 0 Å². The van der Waals surface area contributed by atoms with Gasteiger partial charge in [-0.25, -0.2) is 14.5 Å². The van der Waals surface area contributed by atoms with Gasteiger partial charge in [0.2, 0.25) is 0 Å². The Morgan fingerprint density at radius 2 is 1.91 bits per heavy atom. The summed E-state index contributed by atoms with van der Waals surface area (Å²) >= 11 is 0. The molecule has 0 radical (unpaired) electrons. The van der Waals surface area contributed by atoms with E-state index < -0.39 is 0 Å². The quantitative estimate of drug-likeness (QED) is 0.871. The minimum Gasteiger partial charge on any atom is -0.341 e. The predicted molar refractivity (Wildman–Crippen MR) is 83.5 cm³/mol. The maximum absolute atomic E-state index is 12.8. The molecule has 1 aromatic carbocycles. The van der Waals surface area contributed by atoms with Gasteiger partial charge in [-0.2, -0.15) is 0 Å². The monoisotopic (exact) mass is 302 g/mol. The van der Waals surface area contributed by atoms with Crippen molar-refractivity contribution in [2.45, 2.75) is 24.9 Å². The fourth-order valence-electron chi connectivity index (χ4n) is 3.35. The summed E-state index contributed by atoms with van der Waals surface area (Å²) in [6, 6.07) is 9.58. The Hall–Kier alpha value is -2.08. The lowest BCUT2D eigenvalue weighted by Crippen LogP contribution is -2.47. The van der Waals surface area contributed by atoms with Crippen molar-refractivity contribution in [3.8, 4) is 0 Å². The minimum atomic E-state index is -0.331. The van der Waals surface area contributed by atoms with Crippen LogP contribution in [0, 0.1) is 0 Å². The fourth-order valence-corrected chi connectivity index (χ4v) is 3.35. The molecule has 0 bridgehead atoms. The zero-order valence-corrected chi connectivity index (χ0v) is 12.8. The molecule has 2 N–H and O–H groups in total. The second-order valence-electron chi connectivity index (χ2n) is 5.76. The van der Waals surface area contributed by atoms with E-state index in [1.54, 1.807) is 7.05 Å². The van der Waals surface area contributed by atoms with Crippen molar-refractivity contribution in [2.24, 2.45) is 0 Å². The average Bonchev–Trinajstić information content (AvgIpc) is 2.93. The molecule has 2 aliphatic heterocycles. The number of carbonyl (C=O) groups excluding carboxylic acids is 2. The van der Waals surface area contributed by atoms with E-state index in [4.69, 9.17) is 0 Å². The highest BCUT2D eigenvalue weighted by molar-refractivity contribution is 5.95. The maximum atomic E-state index is 12.8. The summed E-state index contributed by atoms with van der Waals surface area (Å²) in [7, 11) is 1.56. The molecule has 2 fully saturated rings. The van der Waals surface area contributed by atoms with Gasteiger partial charge in [0.1, 0.15) is 0 Å². The number of amides is 4. The second-order valence-corrected chi connectivity index (χ2v) is 5.76. The second kappa shape index (κ2) is 6.36. The van der Waals surface area contributed by atoms with Crippen molar-refractivity contribution in [3.05, 3.63) is 35.9 Å². The van der Waals surface area contributed by atoms with Gasteiger partial charge in [-0.3, -0.25) is 0 Å². The van der Waals surface area contributed by atoms with Gasteiger partial charge in [0.05, 0.1) is 12.6 Å². The van der Waals surface area contributed by atoms with E-state index in [-0.39, 0.29) is 24.1 Å². The zero-order chi connectivity index (χ0) is 15.5. The van der Waals surface area contributed by atoms with Crippen LogP contribution in [-0.4, -0.2) is 54.6 Å². The summed E-state index contributed by atoms with van der Waals surface area (Å²) in [6.07, 6.45) is 1.85. The first kappa shape index (κ1) is 14.8. The van der Waals surface area contributed by atoms with E-state index >= 15 is 0 Å². The molecule has 0 aromatic heterocycles. The number of benzene rings is 1. The van der Waals surface area contributed by atoms with Gasteiger partial charge in [0, 0.05) is 13.1 Å². The van der Waals surface area contributed by atoms with Crippen LogP contribution < -0.4 is 10.6 Å². The van der Waals surface area contributed by atoms with Gasteiger partial charge < -0.3 is 15.5 Å². The van der Waals surface area contributed by atoms with Crippen molar-refractivity contribution in [1.29, 1.82) is 0 Å². The molecule has 6 heteroatoms. The number of urea groups is 2. The number of rotatable bonds is 2. The molecular formula is C16H22N4O2. The standard InChI is InChI=1S/C16H22N4O2/c1-17-15(21)19-11-14(12-5-3-2-4-6-12)20(16(19)22)13-7-9-18-10-8-13/h2-6,13-14,18H,7-11H2,1H3,(H,17,21)/t14-/m0/s1. The molecule has 2 aliphatic rings. The Labute approximate surface area is 130 Å². The van der Waals surface area contributed by atoms with Crippen molar-refractivity contribution in [3.63, 3.8) is 0 Å². The van der Waals surface area contributed by atoms with Gasteiger partial charge in [-0.15, -0.1) is 0 Å². The molecule has 118 valence electrons. The molecule has 22 heavy (non-hydrogen) atoms. The number of carbonyl (C=O) groups is 2. The molecule has 0 spiro atoms. The summed E-state index contributed by atoms with van der Waals surface area (Å²) < 4.78 is 0. The van der Waals surface area contributed by atoms with Crippen LogP contribution >= 0.6 is 0 Å². The van der Waals surface area contributed by atoms with Gasteiger partial charge in [-0.1, -0.05) is 30.3 Å². The molecule has 0 saturated carbocycles. The van der Waals surface area contributed by atoms with Gasteiger partial charge in [0.25, 0.3) is 0 Å². The Balaban J connectivity index is 1.90. The highest BCUT2D eigenvalue weighted by Gasteiger charge is 2.44. The van der Waals surface area contributed by atoms with Crippen LogP contribution in [-0.2, 0) is 0 Å². The fraction of sp³-hybridized carbons (Fsp3) is 0.500. The lowest BCUT2D eigenvalue weighted by molar-refractivity contribution is 0.150. The van der Waals surface area contributed by atoms with Crippen molar-refractivity contribution < 1.29 is 9.59 Å². The summed E-state index contributed by atoms with van der Waals surface area (Å²) in [5.41, 5.74) is 1.08. The van der Waals surface area contributed by atoms with Crippen molar-refractivity contribution >= 4 is 12.1 Å². The van der Waals surface area contributed by atoms with Crippen LogP contribution in [0.5, 0.6) is 0 Å². The molecule has 0 aliphatic carbocycles. The minimum absolute atomic E-state index is 0.0610. The lowest BCUT2D eigenvalue weighted by Gasteiger charge is -2.35. The largest absolute Gasteiger partial charge is 0.341 e. The number of nitrogens with one attached hydrogen (secondary N) is 2. The van der Waals surface area contributed by atoms with Gasteiger partial charge in [0.15, 0.2) is 0 Å². The topological polar surface area (TPSA) is 64.7 Å². The Morgan fingerprint density at radius 1 is 1.23 bits per heavy atom. The predicted octanol–water partition coefficient (Wildman–Crippen LogP) is 1.56. The van der Waals surface area contributed by atoms with E-state index in [1.807, 2.05) is 35.2 Å². The molecular weight excluding hydrogens is 280 g/mol. The first-order valence-electron chi connectivity index (χ1n) is 7.79. The van der Waals surface area contributed by atoms with Crippen LogP contribution in [0.2, 0.25) is 0 Å². The van der Waals surface area contributed by atoms with E-state index in [0.29, 0.717) is 6.54 Å². The number of imide groups is 1. The number of piperidine rings is 1. The molecule has 1 atom stereocenters. The van der Waals surface area contributed by atoms with Gasteiger partial charge in [-0.05, 0) is 31.5 Å². The summed E-state index contributed by atoms with van der Waals surface area (Å²) in [5, 5.41) is 5.88. The number of hydrogen-bond donors (Lipinski definition) is 2. The molecule has 0 unspecified atom stereocenters. The van der Waals surface area contributed by atoms with Crippen LogP contribution in [0.1, 0.15) is 24.4 Å². The zero-order valence-electron chi connectivity index (χ0n) is 12.8.